The molecule has 1 N–H and O–H groups in total. The summed E-state index contributed by atoms with van der Waals surface area (Å²) in [6.45, 7) is 3.99. The topological polar surface area (TPSA) is 37.3 Å². The molecule has 1 rings (SSSR count). The molecule has 0 spiro atoms. The molecule has 0 aliphatic heterocycles. The second-order valence-electron chi connectivity index (χ2n) is 3.29. The van der Waals surface area contributed by atoms with Crippen LogP contribution in [0.15, 0.2) is 23.1 Å². The number of rotatable bonds is 4. The Morgan fingerprint density at radius 3 is 2.80 bits per heavy atom. The molecule has 0 aromatic heterocycles. The van der Waals surface area contributed by atoms with E-state index in [0.29, 0.717) is 4.90 Å². The third-order valence-electron chi connectivity index (χ3n) is 2.08. The second kappa shape index (κ2) is 5.16. The second-order valence-corrected chi connectivity index (χ2v) is 4.77. The lowest BCUT2D eigenvalue weighted by Crippen LogP contribution is -1.99. The van der Waals surface area contributed by atoms with E-state index in [0.717, 1.165) is 6.42 Å². The van der Waals surface area contributed by atoms with Crippen molar-refractivity contribution in [1.82, 2.24) is 0 Å². The Bertz CT molecular complexity index is 366. The molecule has 0 heterocycles. The first-order valence-corrected chi connectivity index (χ1v) is 5.62. The van der Waals surface area contributed by atoms with Crippen LogP contribution in [0, 0.1) is 5.82 Å². The fourth-order valence-corrected chi connectivity index (χ4v) is 2.00. The summed E-state index contributed by atoms with van der Waals surface area (Å²) < 4.78 is 13.3. The van der Waals surface area contributed by atoms with E-state index in [1.54, 1.807) is 0 Å². The van der Waals surface area contributed by atoms with Gasteiger partial charge in [0, 0.05) is 10.1 Å². The minimum absolute atomic E-state index is 0.127. The van der Waals surface area contributed by atoms with Crippen LogP contribution in [0.2, 0.25) is 0 Å². The van der Waals surface area contributed by atoms with Gasteiger partial charge in [-0.1, -0.05) is 13.8 Å². The van der Waals surface area contributed by atoms with Gasteiger partial charge in [-0.25, -0.2) is 9.18 Å². The van der Waals surface area contributed by atoms with Crippen molar-refractivity contribution in [3.05, 3.63) is 29.6 Å². The maximum absolute atomic E-state index is 13.3. The lowest BCUT2D eigenvalue weighted by molar-refractivity contribution is 0.0696. The number of hydrogen-bond acceptors (Lipinski definition) is 2. The van der Waals surface area contributed by atoms with E-state index in [2.05, 4.69) is 0 Å². The van der Waals surface area contributed by atoms with Crippen LogP contribution in [-0.4, -0.2) is 16.3 Å². The van der Waals surface area contributed by atoms with Crippen molar-refractivity contribution in [1.29, 1.82) is 0 Å². The molecule has 0 fully saturated rings. The van der Waals surface area contributed by atoms with Crippen molar-refractivity contribution >= 4 is 17.7 Å². The number of halogens is 1. The predicted octanol–water partition coefficient (Wildman–Crippen LogP) is 3.41. The first-order chi connectivity index (χ1) is 7.04. The highest BCUT2D eigenvalue weighted by Gasteiger charge is 2.11. The average Bonchev–Trinajstić information content (AvgIpc) is 2.20. The van der Waals surface area contributed by atoms with E-state index in [1.807, 2.05) is 13.8 Å². The highest BCUT2D eigenvalue weighted by molar-refractivity contribution is 8.00. The van der Waals surface area contributed by atoms with Crippen LogP contribution in [0.4, 0.5) is 4.39 Å². The molecule has 0 aliphatic rings. The van der Waals surface area contributed by atoms with Crippen molar-refractivity contribution in [2.45, 2.75) is 30.4 Å². The van der Waals surface area contributed by atoms with Gasteiger partial charge in [0.1, 0.15) is 5.82 Å². The molecule has 1 aromatic rings. The molecular weight excluding hydrogens is 215 g/mol. The summed E-state index contributed by atoms with van der Waals surface area (Å²) in [5.74, 6) is -1.38. The van der Waals surface area contributed by atoms with E-state index in [-0.39, 0.29) is 16.6 Å². The maximum atomic E-state index is 13.3. The number of benzene rings is 1. The summed E-state index contributed by atoms with van der Waals surface area (Å²) in [7, 11) is 0. The van der Waals surface area contributed by atoms with Gasteiger partial charge < -0.3 is 5.11 Å². The third kappa shape index (κ3) is 3.23. The first kappa shape index (κ1) is 12.0. The monoisotopic (exact) mass is 228 g/mol. The Morgan fingerprint density at radius 2 is 2.27 bits per heavy atom. The van der Waals surface area contributed by atoms with E-state index in [1.165, 1.54) is 30.0 Å². The molecule has 0 amide bonds. The van der Waals surface area contributed by atoms with Gasteiger partial charge in [-0.2, -0.15) is 0 Å². The summed E-state index contributed by atoms with van der Waals surface area (Å²) in [6.07, 6.45) is 0.918. The number of thioether (sulfide) groups is 1. The van der Waals surface area contributed by atoms with Crippen molar-refractivity contribution in [2.75, 3.05) is 0 Å². The molecule has 0 saturated heterocycles. The lowest BCUT2D eigenvalue weighted by Gasteiger charge is -2.09. The van der Waals surface area contributed by atoms with E-state index < -0.39 is 5.97 Å². The third-order valence-corrected chi connectivity index (χ3v) is 3.38. The summed E-state index contributed by atoms with van der Waals surface area (Å²) in [5, 5.41) is 9.04. The Balaban J connectivity index is 2.95. The minimum Gasteiger partial charge on any atom is -0.478 e. The highest BCUT2D eigenvalue weighted by Crippen LogP contribution is 2.28. The zero-order valence-corrected chi connectivity index (χ0v) is 9.47. The van der Waals surface area contributed by atoms with Crippen LogP contribution >= 0.6 is 11.8 Å². The molecule has 0 saturated carbocycles. The van der Waals surface area contributed by atoms with Gasteiger partial charge in [-0.3, -0.25) is 0 Å². The molecule has 0 radical (unpaired) electrons. The summed E-state index contributed by atoms with van der Waals surface area (Å²) in [4.78, 5) is 11.1. The van der Waals surface area contributed by atoms with Gasteiger partial charge in [0.15, 0.2) is 0 Å². The van der Waals surface area contributed by atoms with Crippen LogP contribution in [-0.2, 0) is 0 Å². The minimum atomic E-state index is -1.03. The van der Waals surface area contributed by atoms with E-state index >= 15 is 0 Å². The van der Waals surface area contributed by atoms with Crippen LogP contribution in [0.3, 0.4) is 0 Å². The first-order valence-electron chi connectivity index (χ1n) is 4.74. The fourth-order valence-electron chi connectivity index (χ4n) is 1.03. The van der Waals surface area contributed by atoms with E-state index in [9.17, 15) is 9.18 Å². The van der Waals surface area contributed by atoms with Crippen molar-refractivity contribution < 1.29 is 14.3 Å². The highest BCUT2D eigenvalue weighted by atomic mass is 32.2. The number of carboxylic acid groups (broad SMARTS) is 1. The van der Waals surface area contributed by atoms with Gasteiger partial charge in [-0.15, -0.1) is 11.8 Å². The van der Waals surface area contributed by atoms with Gasteiger partial charge in [0.05, 0.1) is 5.56 Å². The zero-order valence-electron chi connectivity index (χ0n) is 8.66. The Morgan fingerprint density at radius 1 is 1.60 bits per heavy atom. The SMILES string of the molecule is CCC(C)Sc1cc(C(=O)O)ccc1F. The fraction of sp³-hybridized carbons (Fsp3) is 0.364. The molecule has 0 aliphatic carbocycles. The predicted molar refractivity (Wildman–Crippen MR) is 59.0 cm³/mol. The smallest absolute Gasteiger partial charge is 0.335 e. The molecule has 1 atom stereocenters. The van der Waals surface area contributed by atoms with E-state index in [4.69, 9.17) is 5.11 Å². The Labute approximate surface area is 92.5 Å². The standard InChI is InChI=1S/C11H13FO2S/c1-3-7(2)15-10-6-8(11(13)14)4-5-9(10)12/h4-7H,3H2,1-2H3,(H,13,14). The summed E-state index contributed by atoms with van der Waals surface area (Å²) in [6, 6.07) is 3.86. The molecule has 4 heteroatoms. The molecule has 82 valence electrons. The van der Waals surface area contributed by atoms with Crippen LogP contribution < -0.4 is 0 Å². The number of carboxylic acids is 1. The van der Waals surface area contributed by atoms with Crippen molar-refractivity contribution in [2.24, 2.45) is 0 Å². The number of carbonyl (C=O) groups is 1. The normalized spacial score (nSPS) is 12.5. The van der Waals surface area contributed by atoms with Crippen LogP contribution in [0.5, 0.6) is 0 Å². The summed E-state index contributed by atoms with van der Waals surface area (Å²) >= 11 is 1.36. The molecule has 2 nitrogen and oxygen atoms in total. The lowest BCUT2D eigenvalue weighted by atomic mass is 10.2. The van der Waals surface area contributed by atoms with Gasteiger partial charge in [-0.05, 0) is 24.6 Å². The largest absolute Gasteiger partial charge is 0.478 e. The van der Waals surface area contributed by atoms with Gasteiger partial charge >= 0.3 is 5.97 Å². The molecule has 0 bridgehead atoms. The Hall–Kier alpha value is -1.03. The Kier molecular flexibility index (Phi) is 4.15. The molecular formula is C11H13FO2S. The number of aromatic carboxylic acids is 1. The molecule has 15 heavy (non-hydrogen) atoms. The quantitative estimate of drug-likeness (QED) is 0.802. The zero-order chi connectivity index (χ0) is 11.4. The van der Waals surface area contributed by atoms with Crippen molar-refractivity contribution in [3.63, 3.8) is 0 Å². The van der Waals surface area contributed by atoms with Gasteiger partial charge in [0.25, 0.3) is 0 Å². The number of hydrogen-bond donors (Lipinski definition) is 1. The average molecular weight is 228 g/mol. The summed E-state index contributed by atoms with van der Waals surface area (Å²) in [5.41, 5.74) is 0.127. The van der Waals surface area contributed by atoms with Crippen molar-refractivity contribution in [3.8, 4) is 0 Å². The van der Waals surface area contributed by atoms with Gasteiger partial charge in [0.2, 0.25) is 0 Å². The molecule has 1 unspecified atom stereocenters. The van der Waals surface area contributed by atoms with Crippen LogP contribution in [0.1, 0.15) is 30.6 Å². The van der Waals surface area contributed by atoms with Crippen LogP contribution in [0.25, 0.3) is 0 Å². The maximum Gasteiger partial charge on any atom is 0.335 e. The molecule has 1 aromatic carbocycles.